The van der Waals surface area contributed by atoms with Crippen molar-refractivity contribution in [2.45, 2.75) is 98.4 Å². The molecule has 2 N–H and O–H groups in total. The van der Waals surface area contributed by atoms with Gasteiger partial charge in [0.2, 0.25) is 0 Å². The number of nitrogens with one attached hydrogen (secondary N) is 1. The number of aliphatic carboxylic acids is 1. The van der Waals surface area contributed by atoms with E-state index in [1.807, 2.05) is 0 Å². The molecule has 8 atom stereocenters. The number of carboxylic acids is 1. The summed E-state index contributed by atoms with van der Waals surface area (Å²) in [4.78, 5) is 36.0. The van der Waals surface area contributed by atoms with Gasteiger partial charge < -0.3 is 15.2 Å². The topological polar surface area (TPSA) is 92.7 Å². The first kappa shape index (κ1) is 25.9. The summed E-state index contributed by atoms with van der Waals surface area (Å²) in [5.74, 6) is 0.319. The summed E-state index contributed by atoms with van der Waals surface area (Å²) >= 11 is 0. The van der Waals surface area contributed by atoms with Gasteiger partial charge in [-0.15, -0.1) is 0 Å². The molecular formula is C30H45NO5. The fourth-order valence-electron chi connectivity index (χ4n) is 11.1. The van der Waals surface area contributed by atoms with E-state index in [4.69, 9.17) is 9.84 Å². The van der Waals surface area contributed by atoms with E-state index in [-0.39, 0.29) is 41.5 Å². The number of hydrogen-bond acceptors (Lipinski definition) is 5. The Kier molecular flexibility index (Phi) is 5.87. The molecule has 36 heavy (non-hydrogen) atoms. The van der Waals surface area contributed by atoms with Crippen LogP contribution in [0.3, 0.4) is 0 Å². The van der Waals surface area contributed by atoms with Crippen LogP contribution in [-0.2, 0) is 19.1 Å². The summed E-state index contributed by atoms with van der Waals surface area (Å²) in [6, 6.07) is 0.578. The standard InChI is InChI=1S/C30H45NO5/c1-18-29-14-12-23(31-6)26(2,3)21(29)7-8-22-28(5)13-11-19(27(28,4)15-16-30(18,22)29)20(32)17-36-25(35)10-9-24(33)34/h11,18,21-23,31H,7-10,12-17H2,1-6H3,(H,33,34)/t18-,21+,22+,23+,27-,28+,29?,30+/m1/s1. The highest BCUT2D eigenvalue weighted by atomic mass is 16.5. The van der Waals surface area contributed by atoms with Gasteiger partial charge in [0.1, 0.15) is 0 Å². The van der Waals surface area contributed by atoms with E-state index in [0.717, 1.165) is 30.3 Å². The first-order valence-corrected chi connectivity index (χ1v) is 14.1. The third-order valence-electron chi connectivity index (χ3n) is 12.9. The number of fused-ring (bicyclic) bond motifs is 2. The Morgan fingerprint density at radius 3 is 2.33 bits per heavy atom. The van der Waals surface area contributed by atoms with Gasteiger partial charge in [-0.2, -0.15) is 0 Å². The second-order valence-corrected chi connectivity index (χ2v) is 13.7. The van der Waals surface area contributed by atoms with E-state index < -0.39 is 11.9 Å². The minimum atomic E-state index is -1.04. The smallest absolute Gasteiger partial charge is 0.306 e. The summed E-state index contributed by atoms with van der Waals surface area (Å²) in [5.41, 5.74) is 1.78. The van der Waals surface area contributed by atoms with Crippen molar-refractivity contribution >= 4 is 17.7 Å². The average Bonchev–Trinajstić information content (AvgIpc) is 3.21. The molecule has 5 aliphatic rings. The maximum absolute atomic E-state index is 13.3. The van der Waals surface area contributed by atoms with Crippen LogP contribution in [0.1, 0.15) is 92.4 Å². The van der Waals surface area contributed by atoms with Crippen LogP contribution in [0, 0.1) is 44.8 Å². The number of hydrogen-bond donors (Lipinski definition) is 2. The normalized spacial score (nSPS) is 45.9. The molecule has 0 saturated heterocycles. The summed E-state index contributed by atoms with van der Waals surface area (Å²) in [6.07, 6.45) is 9.88. The molecule has 200 valence electrons. The summed E-state index contributed by atoms with van der Waals surface area (Å²) in [5, 5.41) is 12.4. The molecule has 6 nitrogen and oxygen atoms in total. The van der Waals surface area contributed by atoms with Gasteiger partial charge in [0, 0.05) is 17.0 Å². The Balaban J connectivity index is 1.36. The number of ether oxygens (including phenoxy) is 1. The SMILES string of the molecule is CN[C@H]1CCC23[C@@H](C)[C@]24CC[C@]2(C)C(C(=O)COC(=O)CCC(=O)O)=CC[C@@]2(C)[C@@H]4CC[C@H]3C1(C)C. The molecule has 0 radical (unpaired) electrons. The lowest BCUT2D eigenvalue weighted by molar-refractivity contribution is -0.151. The molecule has 5 rings (SSSR count). The predicted octanol–water partition coefficient (Wildman–Crippen LogP) is 5.16. The number of allylic oxidation sites excluding steroid dienone is 1. The van der Waals surface area contributed by atoms with Gasteiger partial charge in [0.05, 0.1) is 12.8 Å². The van der Waals surface area contributed by atoms with E-state index in [1.165, 1.54) is 32.1 Å². The molecular weight excluding hydrogens is 454 g/mol. The Morgan fingerprint density at radius 1 is 1.00 bits per heavy atom. The monoisotopic (exact) mass is 499 g/mol. The number of carbonyl (C=O) groups is 3. The lowest BCUT2D eigenvalue weighted by Crippen LogP contribution is -2.59. The van der Waals surface area contributed by atoms with Crippen LogP contribution in [0.15, 0.2) is 11.6 Å². The number of ketones is 1. The number of esters is 1. The zero-order chi connectivity index (χ0) is 26.3. The van der Waals surface area contributed by atoms with E-state index in [0.29, 0.717) is 22.8 Å². The van der Waals surface area contributed by atoms with Crippen molar-refractivity contribution in [2.75, 3.05) is 13.7 Å². The van der Waals surface area contributed by atoms with Gasteiger partial charge >= 0.3 is 11.9 Å². The fraction of sp³-hybridized carbons (Fsp3) is 0.833. The maximum Gasteiger partial charge on any atom is 0.306 e. The van der Waals surface area contributed by atoms with Crippen LogP contribution in [0.4, 0.5) is 0 Å². The van der Waals surface area contributed by atoms with E-state index in [1.54, 1.807) is 0 Å². The minimum absolute atomic E-state index is 0.0380. The van der Waals surface area contributed by atoms with Crippen molar-refractivity contribution in [1.29, 1.82) is 0 Å². The van der Waals surface area contributed by atoms with Crippen molar-refractivity contribution in [3.63, 3.8) is 0 Å². The lowest BCUT2D eigenvalue weighted by Gasteiger charge is -2.63. The minimum Gasteiger partial charge on any atom is -0.481 e. The maximum atomic E-state index is 13.3. The zero-order valence-corrected chi connectivity index (χ0v) is 23.0. The van der Waals surface area contributed by atoms with E-state index in [2.05, 4.69) is 53.1 Å². The van der Waals surface area contributed by atoms with Gasteiger partial charge in [-0.3, -0.25) is 14.4 Å². The molecule has 5 aliphatic carbocycles. The molecule has 4 fully saturated rings. The highest BCUT2D eigenvalue weighted by molar-refractivity contribution is 5.99. The van der Waals surface area contributed by atoms with Gasteiger partial charge in [-0.1, -0.05) is 40.7 Å². The molecule has 0 aliphatic heterocycles. The molecule has 0 aromatic rings. The first-order valence-electron chi connectivity index (χ1n) is 14.1. The second-order valence-electron chi connectivity index (χ2n) is 13.7. The number of Topliss-reactive ketones (excluding diaryl/α,β-unsaturated/α-hetero) is 1. The van der Waals surface area contributed by atoms with E-state index in [9.17, 15) is 14.4 Å². The summed E-state index contributed by atoms with van der Waals surface area (Å²) in [7, 11) is 2.13. The van der Waals surface area contributed by atoms with Crippen molar-refractivity contribution in [1.82, 2.24) is 5.32 Å². The third-order valence-corrected chi connectivity index (χ3v) is 12.9. The highest BCUT2D eigenvalue weighted by Gasteiger charge is 2.85. The van der Waals surface area contributed by atoms with Gasteiger partial charge in [-0.05, 0) is 91.4 Å². The molecule has 0 amide bonds. The molecule has 6 heteroatoms. The van der Waals surface area contributed by atoms with Gasteiger partial charge in [-0.25, -0.2) is 0 Å². The number of rotatable bonds is 7. The van der Waals surface area contributed by atoms with Crippen LogP contribution in [0.5, 0.6) is 0 Å². The third kappa shape index (κ3) is 3.03. The average molecular weight is 500 g/mol. The predicted molar refractivity (Wildman–Crippen MR) is 137 cm³/mol. The molecule has 0 heterocycles. The fourth-order valence-corrected chi connectivity index (χ4v) is 11.1. The number of carbonyl (C=O) groups excluding carboxylic acids is 2. The quantitative estimate of drug-likeness (QED) is 0.470. The van der Waals surface area contributed by atoms with Crippen LogP contribution >= 0.6 is 0 Å². The first-order chi connectivity index (χ1) is 16.8. The highest BCUT2D eigenvalue weighted by Crippen LogP contribution is 2.90. The summed E-state index contributed by atoms with van der Waals surface area (Å²) < 4.78 is 5.19. The second kappa shape index (κ2) is 8.15. The summed E-state index contributed by atoms with van der Waals surface area (Å²) in [6.45, 7) is 12.0. The van der Waals surface area contributed by atoms with Crippen molar-refractivity contribution < 1.29 is 24.2 Å². The zero-order valence-electron chi connectivity index (χ0n) is 23.0. The van der Waals surface area contributed by atoms with Crippen LogP contribution in [0.25, 0.3) is 0 Å². The molecule has 2 spiro atoms. The van der Waals surface area contributed by atoms with E-state index >= 15 is 0 Å². The van der Waals surface area contributed by atoms with Crippen molar-refractivity contribution in [3.8, 4) is 0 Å². The molecule has 0 bridgehead atoms. The van der Waals surface area contributed by atoms with Crippen molar-refractivity contribution in [2.24, 2.45) is 44.8 Å². The molecule has 1 unspecified atom stereocenters. The molecule has 0 aromatic carbocycles. The Hall–Kier alpha value is -1.69. The van der Waals surface area contributed by atoms with Gasteiger partial charge in [0.15, 0.2) is 12.4 Å². The largest absolute Gasteiger partial charge is 0.481 e. The van der Waals surface area contributed by atoms with Crippen molar-refractivity contribution in [3.05, 3.63) is 11.6 Å². The van der Waals surface area contributed by atoms with Gasteiger partial charge in [0.25, 0.3) is 0 Å². The lowest BCUT2D eigenvalue weighted by atomic mass is 9.42. The molecule has 0 aromatic heterocycles. The molecule has 4 saturated carbocycles. The Bertz CT molecular complexity index is 1020. The Labute approximate surface area is 216 Å². The Morgan fingerprint density at radius 2 is 1.67 bits per heavy atom. The number of carboxylic acid groups (broad SMARTS) is 1. The van der Waals surface area contributed by atoms with Crippen LogP contribution in [0.2, 0.25) is 0 Å². The van der Waals surface area contributed by atoms with Crippen LogP contribution < -0.4 is 5.32 Å². The van der Waals surface area contributed by atoms with Crippen LogP contribution in [-0.4, -0.2) is 42.5 Å².